The van der Waals surface area contributed by atoms with Crippen molar-refractivity contribution in [1.82, 2.24) is 14.7 Å². The van der Waals surface area contributed by atoms with Crippen molar-refractivity contribution in [3.05, 3.63) is 40.6 Å². The van der Waals surface area contributed by atoms with Crippen LogP contribution < -0.4 is 4.74 Å². The fraction of sp³-hybridized carbons (Fsp3) is 0.500. The summed E-state index contributed by atoms with van der Waals surface area (Å²) in [6, 6.07) is 7.85. The SMILES string of the molecule is COc1ccc(Cc2nn(CN3CCO[C@@H](C)C3)c(=S)o2)cc1. The predicted octanol–water partition coefficient (Wildman–Crippen LogP) is 2.48. The molecule has 124 valence electrons. The molecule has 1 aliphatic heterocycles. The molecule has 23 heavy (non-hydrogen) atoms. The van der Waals surface area contributed by atoms with Gasteiger partial charge in [0.2, 0.25) is 5.89 Å². The van der Waals surface area contributed by atoms with Crippen molar-refractivity contribution in [3.63, 3.8) is 0 Å². The van der Waals surface area contributed by atoms with Crippen LogP contribution in [0.3, 0.4) is 0 Å². The van der Waals surface area contributed by atoms with E-state index in [1.807, 2.05) is 24.3 Å². The third-order valence-corrected chi connectivity index (χ3v) is 4.12. The molecule has 1 saturated heterocycles. The van der Waals surface area contributed by atoms with Crippen LogP contribution in [0.15, 0.2) is 28.7 Å². The summed E-state index contributed by atoms with van der Waals surface area (Å²) < 4.78 is 18.1. The largest absolute Gasteiger partial charge is 0.497 e. The standard InChI is InChI=1S/C16H21N3O3S/c1-12-10-18(7-8-21-12)11-19-16(23)22-15(17-19)9-13-3-5-14(20-2)6-4-13/h3-6,12H,7-11H2,1-2H3/t12-/m0/s1. The second-order valence-electron chi connectivity index (χ2n) is 5.69. The first-order chi connectivity index (χ1) is 11.1. The molecular formula is C16H21N3O3S. The van der Waals surface area contributed by atoms with Crippen LogP contribution in [-0.4, -0.2) is 47.6 Å². The van der Waals surface area contributed by atoms with Crippen LogP contribution in [0.5, 0.6) is 5.75 Å². The molecule has 1 atom stereocenters. The predicted molar refractivity (Wildman–Crippen MR) is 88.1 cm³/mol. The third kappa shape index (κ3) is 4.19. The van der Waals surface area contributed by atoms with Crippen LogP contribution in [0.2, 0.25) is 0 Å². The van der Waals surface area contributed by atoms with Crippen LogP contribution in [0, 0.1) is 4.84 Å². The molecule has 2 heterocycles. The average Bonchev–Trinajstić information content (AvgIpc) is 2.87. The van der Waals surface area contributed by atoms with Gasteiger partial charge in [-0.1, -0.05) is 12.1 Å². The quantitative estimate of drug-likeness (QED) is 0.783. The van der Waals surface area contributed by atoms with Crippen molar-refractivity contribution in [2.24, 2.45) is 0 Å². The molecule has 1 aromatic carbocycles. The summed E-state index contributed by atoms with van der Waals surface area (Å²) in [5, 5.41) is 4.50. The number of benzene rings is 1. The van der Waals surface area contributed by atoms with E-state index in [1.54, 1.807) is 11.8 Å². The first-order valence-electron chi connectivity index (χ1n) is 7.68. The van der Waals surface area contributed by atoms with E-state index in [1.165, 1.54) is 0 Å². The maximum atomic E-state index is 5.62. The summed E-state index contributed by atoms with van der Waals surface area (Å²) in [7, 11) is 1.65. The lowest BCUT2D eigenvalue weighted by Gasteiger charge is -2.30. The Morgan fingerprint density at radius 2 is 2.13 bits per heavy atom. The summed E-state index contributed by atoms with van der Waals surface area (Å²) in [6.07, 6.45) is 0.851. The molecule has 0 radical (unpaired) electrons. The van der Waals surface area contributed by atoms with Crippen LogP contribution in [0.4, 0.5) is 0 Å². The second kappa shape index (κ2) is 7.25. The maximum absolute atomic E-state index is 5.62. The fourth-order valence-electron chi connectivity index (χ4n) is 2.64. The molecule has 2 aromatic rings. The van der Waals surface area contributed by atoms with Gasteiger partial charge < -0.3 is 13.9 Å². The first kappa shape index (κ1) is 16.2. The molecule has 7 heteroatoms. The van der Waals surface area contributed by atoms with E-state index >= 15 is 0 Å². The Bertz CT molecular complexity index is 695. The Kier molecular flexibility index (Phi) is 5.09. The molecular weight excluding hydrogens is 314 g/mol. The van der Waals surface area contributed by atoms with E-state index in [4.69, 9.17) is 26.1 Å². The second-order valence-corrected chi connectivity index (χ2v) is 6.04. The van der Waals surface area contributed by atoms with Gasteiger partial charge in [-0.25, -0.2) is 4.68 Å². The normalized spacial score (nSPS) is 19.0. The highest BCUT2D eigenvalue weighted by atomic mass is 32.1. The minimum absolute atomic E-state index is 0.239. The number of morpholine rings is 1. The average molecular weight is 335 g/mol. The Labute approximate surface area is 140 Å². The molecule has 0 N–H and O–H groups in total. The summed E-state index contributed by atoms with van der Waals surface area (Å²) in [4.78, 5) is 2.68. The number of methoxy groups -OCH3 is 1. The molecule has 3 rings (SSSR count). The molecule has 1 fully saturated rings. The lowest BCUT2D eigenvalue weighted by molar-refractivity contribution is -0.0309. The zero-order chi connectivity index (χ0) is 16.2. The highest BCUT2D eigenvalue weighted by Crippen LogP contribution is 2.15. The van der Waals surface area contributed by atoms with Gasteiger partial charge in [0.25, 0.3) is 4.84 Å². The Morgan fingerprint density at radius 3 is 2.83 bits per heavy atom. The van der Waals surface area contributed by atoms with E-state index in [-0.39, 0.29) is 6.10 Å². The zero-order valence-corrected chi connectivity index (χ0v) is 14.2. The molecule has 0 unspecified atom stereocenters. The number of rotatable bonds is 5. The number of nitrogens with zero attached hydrogens (tertiary/aromatic N) is 3. The molecule has 0 saturated carbocycles. The van der Waals surface area contributed by atoms with Gasteiger partial charge >= 0.3 is 0 Å². The van der Waals surface area contributed by atoms with Gasteiger partial charge in [-0.3, -0.25) is 4.90 Å². The van der Waals surface area contributed by atoms with Gasteiger partial charge in [-0.2, -0.15) is 0 Å². The summed E-state index contributed by atoms with van der Waals surface area (Å²) in [5.74, 6) is 1.46. The van der Waals surface area contributed by atoms with E-state index in [0.29, 0.717) is 23.8 Å². The number of ether oxygens (including phenoxy) is 2. The lowest BCUT2D eigenvalue weighted by atomic mass is 10.1. The monoisotopic (exact) mass is 335 g/mol. The van der Waals surface area contributed by atoms with E-state index in [2.05, 4.69) is 16.9 Å². The fourth-order valence-corrected chi connectivity index (χ4v) is 2.83. The van der Waals surface area contributed by atoms with Gasteiger partial charge in [0, 0.05) is 13.1 Å². The van der Waals surface area contributed by atoms with E-state index in [9.17, 15) is 0 Å². The lowest BCUT2D eigenvalue weighted by Crippen LogP contribution is -2.42. The molecule has 0 spiro atoms. The number of aromatic nitrogens is 2. The van der Waals surface area contributed by atoms with Crippen molar-refractivity contribution in [3.8, 4) is 5.75 Å². The van der Waals surface area contributed by atoms with Crippen molar-refractivity contribution in [2.45, 2.75) is 26.1 Å². The Morgan fingerprint density at radius 1 is 1.35 bits per heavy atom. The van der Waals surface area contributed by atoms with Crippen molar-refractivity contribution >= 4 is 12.2 Å². The zero-order valence-electron chi connectivity index (χ0n) is 13.4. The van der Waals surface area contributed by atoms with Gasteiger partial charge in [0.15, 0.2) is 0 Å². The van der Waals surface area contributed by atoms with Gasteiger partial charge in [0.1, 0.15) is 5.75 Å². The molecule has 6 nitrogen and oxygen atoms in total. The van der Waals surface area contributed by atoms with Gasteiger partial charge in [-0.15, -0.1) is 5.10 Å². The molecule has 0 bridgehead atoms. The number of hydrogen-bond donors (Lipinski definition) is 0. The first-order valence-corrected chi connectivity index (χ1v) is 8.08. The van der Waals surface area contributed by atoms with E-state index < -0.39 is 0 Å². The summed E-state index contributed by atoms with van der Waals surface area (Å²) >= 11 is 5.28. The minimum Gasteiger partial charge on any atom is -0.497 e. The summed E-state index contributed by atoms with van der Waals surface area (Å²) in [6.45, 7) is 5.21. The Hall–Kier alpha value is -1.70. The highest BCUT2D eigenvalue weighted by molar-refractivity contribution is 7.71. The van der Waals surface area contributed by atoms with Crippen LogP contribution in [0.25, 0.3) is 0 Å². The van der Waals surface area contributed by atoms with Crippen LogP contribution >= 0.6 is 12.2 Å². The van der Waals surface area contributed by atoms with Crippen molar-refractivity contribution < 1.29 is 13.9 Å². The summed E-state index contributed by atoms with van der Waals surface area (Å²) in [5.41, 5.74) is 1.11. The van der Waals surface area contributed by atoms with Crippen molar-refractivity contribution in [1.29, 1.82) is 0 Å². The van der Waals surface area contributed by atoms with Crippen LogP contribution in [0.1, 0.15) is 18.4 Å². The molecule has 0 amide bonds. The Balaban J connectivity index is 1.66. The molecule has 1 aromatic heterocycles. The van der Waals surface area contributed by atoms with Gasteiger partial charge in [-0.05, 0) is 36.8 Å². The highest BCUT2D eigenvalue weighted by Gasteiger charge is 2.18. The minimum atomic E-state index is 0.239. The van der Waals surface area contributed by atoms with Gasteiger partial charge in [0.05, 0.1) is 32.9 Å². The smallest absolute Gasteiger partial charge is 0.288 e. The van der Waals surface area contributed by atoms with Crippen LogP contribution in [-0.2, 0) is 17.8 Å². The van der Waals surface area contributed by atoms with Crippen molar-refractivity contribution in [2.75, 3.05) is 26.8 Å². The number of hydrogen-bond acceptors (Lipinski definition) is 6. The topological polar surface area (TPSA) is 52.7 Å². The molecule has 1 aliphatic rings. The van der Waals surface area contributed by atoms with E-state index in [0.717, 1.165) is 31.0 Å². The third-order valence-electron chi connectivity index (χ3n) is 3.82. The maximum Gasteiger partial charge on any atom is 0.288 e. The molecule has 0 aliphatic carbocycles.